The van der Waals surface area contributed by atoms with Gasteiger partial charge in [-0.2, -0.15) is 5.10 Å². The molecule has 0 saturated heterocycles. The largest absolute Gasteiger partial charge is 0.355 e. The number of hydrogen-bond donors (Lipinski definition) is 1. The molecule has 6 heteroatoms. The molecular formula is C16H19BrN4O. The summed E-state index contributed by atoms with van der Waals surface area (Å²) in [5.41, 5.74) is 1.43. The second-order valence-electron chi connectivity index (χ2n) is 5.83. The minimum absolute atomic E-state index is 0.0684. The Morgan fingerprint density at radius 3 is 2.68 bits per heavy atom. The predicted molar refractivity (Wildman–Crippen MR) is 87.3 cm³/mol. The molecule has 1 saturated carbocycles. The maximum absolute atomic E-state index is 12.0. The van der Waals surface area contributed by atoms with Crippen molar-refractivity contribution in [1.29, 1.82) is 0 Å². The SMILES string of the molecule is O=C(CCn1cncn1)NCC1(c2ccc(Br)cc2)CCC1. The standard InChI is InChI=1S/C16H19BrN4O/c17-14-4-2-13(3-5-14)16(7-1-8-16)10-19-15(22)6-9-21-12-18-11-20-21/h2-5,11-12H,1,6-10H2,(H,19,22). The monoisotopic (exact) mass is 362 g/mol. The van der Waals surface area contributed by atoms with Gasteiger partial charge in [-0.25, -0.2) is 4.98 Å². The van der Waals surface area contributed by atoms with E-state index in [-0.39, 0.29) is 11.3 Å². The maximum Gasteiger partial charge on any atom is 0.221 e. The molecule has 1 N–H and O–H groups in total. The van der Waals surface area contributed by atoms with Crippen LogP contribution < -0.4 is 5.32 Å². The molecule has 1 heterocycles. The summed E-state index contributed by atoms with van der Waals surface area (Å²) in [5.74, 6) is 0.0684. The summed E-state index contributed by atoms with van der Waals surface area (Å²) in [7, 11) is 0. The highest BCUT2D eigenvalue weighted by Crippen LogP contribution is 2.43. The van der Waals surface area contributed by atoms with Gasteiger partial charge < -0.3 is 5.32 Å². The number of aryl methyl sites for hydroxylation is 1. The average molecular weight is 363 g/mol. The third-order valence-electron chi connectivity index (χ3n) is 4.43. The van der Waals surface area contributed by atoms with Crippen LogP contribution in [0.1, 0.15) is 31.2 Å². The number of carbonyl (C=O) groups is 1. The van der Waals surface area contributed by atoms with Crippen molar-refractivity contribution in [3.8, 4) is 0 Å². The van der Waals surface area contributed by atoms with Gasteiger partial charge in [-0.3, -0.25) is 9.48 Å². The van der Waals surface area contributed by atoms with E-state index in [2.05, 4.69) is 55.6 Å². The zero-order valence-electron chi connectivity index (χ0n) is 12.3. The van der Waals surface area contributed by atoms with E-state index < -0.39 is 0 Å². The lowest BCUT2D eigenvalue weighted by Gasteiger charge is -2.42. The molecule has 0 spiro atoms. The van der Waals surface area contributed by atoms with Gasteiger partial charge in [0.1, 0.15) is 12.7 Å². The molecule has 0 atom stereocenters. The summed E-state index contributed by atoms with van der Waals surface area (Å²) in [4.78, 5) is 15.9. The molecule has 116 valence electrons. The fraction of sp³-hybridized carbons (Fsp3) is 0.438. The van der Waals surface area contributed by atoms with Crippen molar-refractivity contribution in [3.05, 3.63) is 47.0 Å². The van der Waals surface area contributed by atoms with Crippen molar-refractivity contribution in [2.75, 3.05) is 6.54 Å². The number of carbonyl (C=O) groups excluding carboxylic acids is 1. The number of aromatic nitrogens is 3. The fourth-order valence-electron chi connectivity index (χ4n) is 2.89. The van der Waals surface area contributed by atoms with Crippen LogP contribution in [0, 0.1) is 0 Å². The maximum atomic E-state index is 12.0. The van der Waals surface area contributed by atoms with Crippen LogP contribution in [-0.4, -0.2) is 27.2 Å². The number of halogens is 1. The van der Waals surface area contributed by atoms with Gasteiger partial charge in [0, 0.05) is 22.9 Å². The van der Waals surface area contributed by atoms with Crippen LogP contribution in [-0.2, 0) is 16.8 Å². The van der Waals surface area contributed by atoms with E-state index in [9.17, 15) is 4.79 Å². The predicted octanol–water partition coefficient (Wildman–Crippen LogP) is 2.67. The van der Waals surface area contributed by atoms with Crippen molar-refractivity contribution in [3.63, 3.8) is 0 Å². The molecular weight excluding hydrogens is 344 g/mol. The van der Waals surface area contributed by atoms with Crippen LogP contribution in [0.4, 0.5) is 0 Å². The quantitative estimate of drug-likeness (QED) is 0.859. The van der Waals surface area contributed by atoms with Crippen LogP contribution in [0.3, 0.4) is 0 Å². The first-order valence-electron chi connectivity index (χ1n) is 7.53. The Kier molecular flexibility index (Phi) is 4.57. The highest BCUT2D eigenvalue weighted by molar-refractivity contribution is 9.10. The Labute approximate surface area is 138 Å². The zero-order chi connectivity index (χ0) is 15.4. The number of hydrogen-bond acceptors (Lipinski definition) is 3. The first kappa shape index (κ1) is 15.2. The van der Waals surface area contributed by atoms with Gasteiger partial charge in [0.25, 0.3) is 0 Å². The van der Waals surface area contributed by atoms with Crippen molar-refractivity contribution in [2.24, 2.45) is 0 Å². The van der Waals surface area contributed by atoms with E-state index in [1.165, 1.54) is 18.3 Å². The van der Waals surface area contributed by atoms with Crippen LogP contribution in [0.15, 0.2) is 41.4 Å². The highest BCUT2D eigenvalue weighted by atomic mass is 79.9. The molecule has 2 aromatic rings. The molecule has 1 aliphatic rings. The Bertz CT molecular complexity index is 620. The van der Waals surface area contributed by atoms with E-state index in [0.717, 1.165) is 17.3 Å². The summed E-state index contributed by atoms with van der Waals surface area (Å²) in [6.45, 7) is 1.28. The van der Waals surface area contributed by atoms with Gasteiger partial charge in [-0.05, 0) is 30.5 Å². The highest BCUT2D eigenvalue weighted by Gasteiger charge is 2.38. The van der Waals surface area contributed by atoms with E-state index >= 15 is 0 Å². The van der Waals surface area contributed by atoms with E-state index in [0.29, 0.717) is 19.5 Å². The average Bonchev–Trinajstić information content (AvgIpc) is 2.99. The Balaban J connectivity index is 1.54. The molecule has 0 bridgehead atoms. The molecule has 5 nitrogen and oxygen atoms in total. The third kappa shape index (κ3) is 3.38. The van der Waals surface area contributed by atoms with Crippen molar-refractivity contribution in [1.82, 2.24) is 20.1 Å². The smallest absolute Gasteiger partial charge is 0.221 e. The van der Waals surface area contributed by atoms with Gasteiger partial charge in [0.2, 0.25) is 5.91 Å². The Morgan fingerprint density at radius 2 is 2.09 bits per heavy atom. The third-order valence-corrected chi connectivity index (χ3v) is 4.95. The molecule has 0 radical (unpaired) electrons. The normalized spacial score (nSPS) is 16.0. The molecule has 1 aromatic carbocycles. The van der Waals surface area contributed by atoms with Crippen molar-refractivity contribution >= 4 is 21.8 Å². The van der Waals surface area contributed by atoms with Crippen LogP contribution in [0.5, 0.6) is 0 Å². The first-order chi connectivity index (χ1) is 10.7. The molecule has 1 aromatic heterocycles. The second-order valence-corrected chi connectivity index (χ2v) is 6.74. The van der Waals surface area contributed by atoms with Crippen LogP contribution in [0.2, 0.25) is 0 Å². The van der Waals surface area contributed by atoms with E-state index in [1.807, 2.05) is 0 Å². The Morgan fingerprint density at radius 1 is 1.32 bits per heavy atom. The minimum atomic E-state index is 0.0684. The van der Waals surface area contributed by atoms with E-state index in [1.54, 1.807) is 11.0 Å². The summed E-state index contributed by atoms with van der Waals surface area (Å²) >= 11 is 3.47. The molecule has 1 aliphatic carbocycles. The number of rotatable bonds is 6. The topological polar surface area (TPSA) is 59.8 Å². The number of benzene rings is 1. The molecule has 22 heavy (non-hydrogen) atoms. The van der Waals surface area contributed by atoms with Gasteiger partial charge in [-0.15, -0.1) is 0 Å². The summed E-state index contributed by atoms with van der Waals surface area (Å²) < 4.78 is 2.76. The molecule has 3 rings (SSSR count). The molecule has 1 amide bonds. The first-order valence-corrected chi connectivity index (χ1v) is 8.32. The van der Waals surface area contributed by atoms with E-state index in [4.69, 9.17) is 0 Å². The van der Waals surface area contributed by atoms with Crippen LogP contribution >= 0.6 is 15.9 Å². The number of nitrogens with one attached hydrogen (secondary N) is 1. The van der Waals surface area contributed by atoms with Crippen molar-refractivity contribution < 1.29 is 4.79 Å². The summed E-state index contributed by atoms with van der Waals surface area (Å²) in [6, 6.07) is 8.46. The Hall–Kier alpha value is -1.69. The second kappa shape index (κ2) is 6.60. The zero-order valence-corrected chi connectivity index (χ0v) is 13.9. The lowest BCUT2D eigenvalue weighted by Crippen LogP contribution is -2.45. The lowest BCUT2D eigenvalue weighted by molar-refractivity contribution is -0.121. The summed E-state index contributed by atoms with van der Waals surface area (Å²) in [6.07, 6.45) is 7.04. The number of amides is 1. The number of nitrogens with zero attached hydrogens (tertiary/aromatic N) is 3. The van der Waals surface area contributed by atoms with Gasteiger partial charge in [0.15, 0.2) is 0 Å². The fourth-order valence-corrected chi connectivity index (χ4v) is 3.16. The minimum Gasteiger partial charge on any atom is -0.355 e. The molecule has 0 unspecified atom stereocenters. The lowest BCUT2D eigenvalue weighted by atomic mass is 9.64. The molecule has 0 aliphatic heterocycles. The van der Waals surface area contributed by atoms with Crippen molar-refractivity contribution in [2.45, 2.75) is 37.6 Å². The van der Waals surface area contributed by atoms with Gasteiger partial charge in [0.05, 0.1) is 6.54 Å². The summed E-state index contributed by atoms with van der Waals surface area (Å²) in [5, 5.41) is 7.09. The molecule has 1 fully saturated rings. The van der Waals surface area contributed by atoms with Crippen LogP contribution in [0.25, 0.3) is 0 Å². The van der Waals surface area contributed by atoms with Gasteiger partial charge in [-0.1, -0.05) is 34.5 Å². The van der Waals surface area contributed by atoms with Gasteiger partial charge >= 0.3 is 0 Å².